The number of likely N-dealkylation sites (tertiary alicyclic amines) is 1. The first kappa shape index (κ1) is 14.7. The summed E-state index contributed by atoms with van der Waals surface area (Å²) in [6.07, 6.45) is 2.19. The van der Waals surface area contributed by atoms with Gasteiger partial charge >= 0.3 is 0 Å². The van der Waals surface area contributed by atoms with Gasteiger partial charge in [0.15, 0.2) is 11.5 Å². The van der Waals surface area contributed by atoms with Gasteiger partial charge in [-0.15, -0.1) is 0 Å². The van der Waals surface area contributed by atoms with Gasteiger partial charge in [0.25, 0.3) is 5.91 Å². The highest BCUT2D eigenvalue weighted by molar-refractivity contribution is 6.30. The van der Waals surface area contributed by atoms with Crippen molar-refractivity contribution in [3.8, 4) is 11.3 Å². The van der Waals surface area contributed by atoms with Crippen LogP contribution >= 0.6 is 11.6 Å². The summed E-state index contributed by atoms with van der Waals surface area (Å²) in [4.78, 5) is 14.5. The Bertz CT molecular complexity index is 728. The maximum Gasteiger partial charge on any atom is 0.276 e. The molecule has 2 aromatic rings. The summed E-state index contributed by atoms with van der Waals surface area (Å²) < 4.78 is 5.32. The fraction of sp³-hybridized carbons (Fsp3) is 0.412. The van der Waals surface area contributed by atoms with Crippen LogP contribution in [0.4, 0.5) is 0 Å². The van der Waals surface area contributed by atoms with Crippen LogP contribution in [0.5, 0.6) is 0 Å². The van der Waals surface area contributed by atoms with Gasteiger partial charge in [-0.25, -0.2) is 0 Å². The molecular weight excluding hydrogens is 314 g/mol. The molecule has 2 heterocycles. The van der Waals surface area contributed by atoms with Crippen molar-refractivity contribution in [2.75, 3.05) is 13.1 Å². The number of rotatable bonds is 2. The highest BCUT2D eigenvalue weighted by atomic mass is 35.5. The van der Waals surface area contributed by atoms with Gasteiger partial charge in [0.1, 0.15) is 0 Å². The Hall–Kier alpha value is -1.85. The third-order valence-electron chi connectivity index (χ3n) is 5.06. The van der Waals surface area contributed by atoms with Gasteiger partial charge in [0.2, 0.25) is 0 Å². The number of nitrogens with zero attached hydrogens (tertiary/aromatic N) is 2. The van der Waals surface area contributed by atoms with E-state index >= 15 is 0 Å². The first-order valence-electron chi connectivity index (χ1n) is 7.89. The van der Waals surface area contributed by atoms with E-state index in [4.69, 9.17) is 21.9 Å². The fourth-order valence-corrected chi connectivity index (χ4v) is 3.89. The number of fused-ring (bicyclic) bond motifs is 1. The van der Waals surface area contributed by atoms with Crippen LogP contribution in [0.3, 0.4) is 0 Å². The molecule has 2 fully saturated rings. The summed E-state index contributed by atoms with van der Waals surface area (Å²) >= 11 is 5.88. The summed E-state index contributed by atoms with van der Waals surface area (Å²) in [5.74, 6) is 1.47. The zero-order valence-corrected chi connectivity index (χ0v) is 13.4. The first-order valence-corrected chi connectivity index (χ1v) is 8.27. The summed E-state index contributed by atoms with van der Waals surface area (Å²) in [5, 5.41) is 4.60. The summed E-state index contributed by atoms with van der Waals surface area (Å²) in [5.41, 5.74) is 7.33. The normalized spacial score (nSPS) is 26.5. The average Bonchev–Trinajstić information content (AvgIpc) is 3.25. The minimum Gasteiger partial charge on any atom is -0.355 e. The van der Waals surface area contributed by atoms with Crippen LogP contribution in [0, 0.1) is 11.8 Å². The fourth-order valence-electron chi connectivity index (χ4n) is 3.76. The lowest BCUT2D eigenvalue weighted by molar-refractivity contribution is 0.0769. The molecule has 3 atom stereocenters. The van der Waals surface area contributed by atoms with Crippen LogP contribution < -0.4 is 5.73 Å². The van der Waals surface area contributed by atoms with Gasteiger partial charge in [-0.05, 0) is 48.9 Å². The van der Waals surface area contributed by atoms with Gasteiger partial charge in [0.05, 0.1) is 0 Å². The molecule has 1 amide bonds. The Labute approximate surface area is 139 Å². The van der Waals surface area contributed by atoms with E-state index in [0.29, 0.717) is 28.3 Å². The van der Waals surface area contributed by atoms with Crippen LogP contribution in [-0.2, 0) is 0 Å². The van der Waals surface area contributed by atoms with Crippen LogP contribution in [0.15, 0.2) is 34.9 Å². The molecule has 1 saturated carbocycles. The second kappa shape index (κ2) is 5.65. The van der Waals surface area contributed by atoms with Crippen molar-refractivity contribution in [2.45, 2.75) is 18.9 Å². The number of amides is 1. The second-order valence-electron chi connectivity index (χ2n) is 6.46. The predicted octanol–water partition coefficient (Wildman–Crippen LogP) is 2.80. The third-order valence-corrected chi connectivity index (χ3v) is 5.31. The van der Waals surface area contributed by atoms with Crippen molar-refractivity contribution in [2.24, 2.45) is 17.6 Å². The van der Waals surface area contributed by atoms with E-state index in [2.05, 4.69) is 5.16 Å². The predicted molar refractivity (Wildman–Crippen MR) is 87.0 cm³/mol. The van der Waals surface area contributed by atoms with Gasteiger partial charge in [0, 0.05) is 35.8 Å². The van der Waals surface area contributed by atoms with Crippen molar-refractivity contribution in [3.05, 3.63) is 41.0 Å². The molecule has 5 nitrogen and oxygen atoms in total. The van der Waals surface area contributed by atoms with Crippen molar-refractivity contribution in [1.82, 2.24) is 10.1 Å². The lowest BCUT2D eigenvalue weighted by atomic mass is 9.98. The molecule has 120 valence electrons. The third kappa shape index (κ3) is 2.64. The topological polar surface area (TPSA) is 72.4 Å². The molecule has 2 N–H and O–H groups in total. The molecule has 2 aliphatic rings. The lowest BCUT2D eigenvalue weighted by Gasteiger charge is -2.17. The maximum atomic E-state index is 12.6. The number of halogens is 1. The summed E-state index contributed by atoms with van der Waals surface area (Å²) in [6, 6.07) is 9.17. The number of hydrogen-bond acceptors (Lipinski definition) is 4. The number of nitrogens with two attached hydrogens (primary N) is 1. The zero-order chi connectivity index (χ0) is 16.0. The molecule has 0 bridgehead atoms. The molecule has 23 heavy (non-hydrogen) atoms. The lowest BCUT2D eigenvalue weighted by Crippen LogP contribution is -2.33. The van der Waals surface area contributed by atoms with Crippen LogP contribution in [0.25, 0.3) is 11.3 Å². The molecule has 4 rings (SSSR count). The molecule has 1 saturated heterocycles. The summed E-state index contributed by atoms with van der Waals surface area (Å²) in [7, 11) is 0. The van der Waals surface area contributed by atoms with Crippen LogP contribution in [-0.4, -0.2) is 35.1 Å². The van der Waals surface area contributed by atoms with Crippen LogP contribution in [0.1, 0.15) is 23.3 Å². The molecule has 3 unspecified atom stereocenters. The standard InChI is InChI=1S/C17H18ClN3O2/c18-12-4-1-10(2-5-12)16-7-15(20-23-16)17(22)21-8-11-3-6-14(19)13(11)9-21/h1-2,4-5,7,11,13-14H,3,6,8-9,19H2. The highest BCUT2D eigenvalue weighted by Gasteiger charge is 2.43. The minimum absolute atomic E-state index is 0.0736. The highest BCUT2D eigenvalue weighted by Crippen LogP contribution is 2.37. The Morgan fingerprint density at radius 2 is 2.04 bits per heavy atom. The molecule has 1 aliphatic carbocycles. The minimum atomic E-state index is -0.0736. The Morgan fingerprint density at radius 1 is 1.26 bits per heavy atom. The first-order chi connectivity index (χ1) is 11.1. The van der Waals surface area contributed by atoms with E-state index in [-0.39, 0.29) is 11.9 Å². The zero-order valence-electron chi connectivity index (χ0n) is 12.6. The molecule has 1 aliphatic heterocycles. The Balaban J connectivity index is 1.51. The van der Waals surface area contributed by atoms with E-state index in [9.17, 15) is 4.79 Å². The van der Waals surface area contributed by atoms with Crippen molar-refractivity contribution >= 4 is 17.5 Å². The molecule has 6 heteroatoms. The van der Waals surface area contributed by atoms with E-state index < -0.39 is 0 Å². The number of aromatic nitrogens is 1. The number of benzene rings is 1. The molecule has 0 spiro atoms. The number of carbonyl (C=O) groups excluding carboxylic acids is 1. The monoisotopic (exact) mass is 331 g/mol. The van der Waals surface area contributed by atoms with Crippen molar-refractivity contribution in [1.29, 1.82) is 0 Å². The van der Waals surface area contributed by atoms with Crippen molar-refractivity contribution < 1.29 is 9.32 Å². The molecule has 1 aromatic heterocycles. The van der Waals surface area contributed by atoms with E-state index in [1.54, 1.807) is 18.2 Å². The van der Waals surface area contributed by atoms with E-state index in [1.165, 1.54) is 0 Å². The summed E-state index contributed by atoms with van der Waals surface area (Å²) in [6.45, 7) is 1.51. The largest absolute Gasteiger partial charge is 0.355 e. The molecule has 1 aromatic carbocycles. The SMILES string of the molecule is NC1CCC2CN(C(=O)c3cc(-c4ccc(Cl)cc4)on3)CC12. The quantitative estimate of drug-likeness (QED) is 0.918. The van der Waals surface area contributed by atoms with Crippen LogP contribution in [0.2, 0.25) is 5.02 Å². The number of hydrogen-bond donors (Lipinski definition) is 1. The Kier molecular flexibility index (Phi) is 3.62. The van der Waals surface area contributed by atoms with Gasteiger partial charge < -0.3 is 15.2 Å². The average molecular weight is 332 g/mol. The second-order valence-corrected chi connectivity index (χ2v) is 6.90. The smallest absolute Gasteiger partial charge is 0.276 e. The van der Waals surface area contributed by atoms with Gasteiger partial charge in [-0.3, -0.25) is 4.79 Å². The Morgan fingerprint density at radius 3 is 2.78 bits per heavy atom. The van der Waals surface area contributed by atoms with Gasteiger partial charge in [-0.1, -0.05) is 16.8 Å². The molecule has 0 radical (unpaired) electrons. The van der Waals surface area contributed by atoms with E-state index in [0.717, 1.165) is 31.5 Å². The van der Waals surface area contributed by atoms with Crippen molar-refractivity contribution in [3.63, 3.8) is 0 Å². The number of carbonyl (C=O) groups is 1. The maximum absolute atomic E-state index is 12.6. The van der Waals surface area contributed by atoms with Gasteiger partial charge in [-0.2, -0.15) is 0 Å². The molecular formula is C17H18ClN3O2. The van der Waals surface area contributed by atoms with E-state index in [1.807, 2.05) is 17.0 Å².